The number of halogens is 1. The van der Waals surface area contributed by atoms with Crippen molar-refractivity contribution in [1.29, 1.82) is 0 Å². The summed E-state index contributed by atoms with van der Waals surface area (Å²) in [6.07, 6.45) is 0. The SMILES string of the molecule is Cc1ccc2[nH+]c(C)cc(Nc3cccc(Cl)c3C)c2c1. The summed E-state index contributed by atoms with van der Waals surface area (Å²) in [6, 6.07) is 14.5. The molecular weight excluding hydrogens is 280 g/mol. The lowest BCUT2D eigenvalue weighted by Crippen LogP contribution is -2.10. The molecule has 0 amide bonds. The number of hydrogen-bond acceptors (Lipinski definition) is 1. The smallest absolute Gasteiger partial charge is 0.213 e. The minimum atomic E-state index is 0.778. The van der Waals surface area contributed by atoms with Crippen molar-refractivity contribution in [3.8, 4) is 0 Å². The van der Waals surface area contributed by atoms with E-state index in [0.717, 1.165) is 33.2 Å². The van der Waals surface area contributed by atoms with Gasteiger partial charge >= 0.3 is 0 Å². The van der Waals surface area contributed by atoms with E-state index in [0.29, 0.717) is 0 Å². The first kappa shape index (κ1) is 13.9. The van der Waals surface area contributed by atoms with E-state index in [4.69, 9.17) is 11.6 Å². The summed E-state index contributed by atoms with van der Waals surface area (Å²) in [7, 11) is 0. The molecule has 0 unspecified atom stereocenters. The van der Waals surface area contributed by atoms with Crippen LogP contribution in [0.4, 0.5) is 11.4 Å². The van der Waals surface area contributed by atoms with Gasteiger partial charge < -0.3 is 5.32 Å². The molecule has 2 aromatic carbocycles. The molecule has 0 aliphatic carbocycles. The van der Waals surface area contributed by atoms with Gasteiger partial charge in [-0.3, -0.25) is 0 Å². The fraction of sp³-hybridized carbons (Fsp3) is 0.167. The van der Waals surface area contributed by atoms with E-state index in [-0.39, 0.29) is 0 Å². The Bertz CT molecular complexity index is 825. The lowest BCUT2D eigenvalue weighted by atomic mass is 10.1. The molecule has 106 valence electrons. The summed E-state index contributed by atoms with van der Waals surface area (Å²) in [5.74, 6) is 0. The van der Waals surface area contributed by atoms with Crippen molar-refractivity contribution >= 4 is 33.9 Å². The van der Waals surface area contributed by atoms with Gasteiger partial charge in [-0.1, -0.05) is 23.7 Å². The van der Waals surface area contributed by atoms with Crippen LogP contribution < -0.4 is 10.3 Å². The molecule has 3 aromatic rings. The zero-order chi connectivity index (χ0) is 15.0. The molecule has 2 nitrogen and oxygen atoms in total. The first-order valence-electron chi connectivity index (χ1n) is 7.00. The highest BCUT2D eigenvalue weighted by molar-refractivity contribution is 6.31. The molecule has 3 heteroatoms. The molecule has 0 fully saturated rings. The van der Waals surface area contributed by atoms with Crippen molar-refractivity contribution in [3.63, 3.8) is 0 Å². The van der Waals surface area contributed by atoms with Gasteiger partial charge in [0.05, 0.1) is 11.1 Å². The number of nitrogens with one attached hydrogen (secondary N) is 2. The number of fused-ring (bicyclic) bond motifs is 1. The average molecular weight is 298 g/mol. The topological polar surface area (TPSA) is 26.2 Å². The Morgan fingerprint density at radius 2 is 1.76 bits per heavy atom. The number of anilines is 2. The number of pyridine rings is 1. The third kappa shape index (κ3) is 2.72. The fourth-order valence-corrected chi connectivity index (χ4v) is 2.70. The number of aromatic amines is 1. The van der Waals surface area contributed by atoms with Gasteiger partial charge in [0.15, 0.2) is 5.69 Å². The molecule has 2 N–H and O–H groups in total. The van der Waals surface area contributed by atoms with Gasteiger partial charge in [-0.15, -0.1) is 0 Å². The second kappa shape index (κ2) is 5.38. The quantitative estimate of drug-likeness (QED) is 0.709. The Morgan fingerprint density at radius 3 is 2.57 bits per heavy atom. The molecule has 0 bridgehead atoms. The minimum Gasteiger partial charge on any atom is -0.354 e. The summed E-state index contributed by atoms with van der Waals surface area (Å²) in [5, 5.41) is 5.48. The standard InChI is InChI=1S/C18H17ClN2/c1-11-7-8-17-14(9-11)18(10-12(2)20-17)21-16-6-4-5-15(19)13(16)3/h4-10H,1-3H3,(H,20,21)/p+1. The van der Waals surface area contributed by atoms with E-state index >= 15 is 0 Å². The molecule has 1 heterocycles. The van der Waals surface area contributed by atoms with Crippen LogP contribution in [0.1, 0.15) is 16.8 Å². The third-order valence-corrected chi connectivity index (χ3v) is 4.10. The first-order valence-corrected chi connectivity index (χ1v) is 7.38. The molecule has 0 radical (unpaired) electrons. The summed E-state index contributed by atoms with van der Waals surface area (Å²) in [4.78, 5) is 3.40. The van der Waals surface area contributed by atoms with Gasteiger partial charge in [0.2, 0.25) is 5.52 Å². The molecule has 1 aromatic heterocycles. The van der Waals surface area contributed by atoms with Crippen LogP contribution in [0.3, 0.4) is 0 Å². The number of rotatable bonds is 2. The van der Waals surface area contributed by atoms with Crippen molar-refractivity contribution in [2.45, 2.75) is 20.8 Å². The Morgan fingerprint density at radius 1 is 0.952 bits per heavy atom. The van der Waals surface area contributed by atoms with Crippen LogP contribution in [0.15, 0.2) is 42.5 Å². The van der Waals surface area contributed by atoms with Crippen LogP contribution in [-0.2, 0) is 0 Å². The monoisotopic (exact) mass is 297 g/mol. The zero-order valence-electron chi connectivity index (χ0n) is 12.4. The molecule has 3 rings (SSSR count). The first-order chi connectivity index (χ1) is 10.0. The summed E-state index contributed by atoms with van der Waals surface area (Å²) in [5.41, 5.74) is 6.68. The van der Waals surface area contributed by atoms with Crippen molar-refractivity contribution in [2.24, 2.45) is 0 Å². The van der Waals surface area contributed by atoms with Crippen molar-refractivity contribution in [2.75, 3.05) is 5.32 Å². The lowest BCUT2D eigenvalue weighted by molar-refractivity contribution is -0.354. The van der Waals surface area contributed by atoms with Crippen LogP contribution in [0.25, 0.3) is 10.9 Å². The summed E-state index contributed by atoms with van der Waals surface area (Å²) >= 11 is 6.21. The largest absolute Gasteiger partial charge is 0.354 e. The highest BCUT2D eigenvalue weighted by Gasteiger charge is 2.11. The van der Waals surface area contributed by atoms with Crippen LogP contribution in [0, 0.1) is 20.8 Å². The van der Waals surface area contributed by atoms with Gasteiger partial charge in [0.1, 0.15) is 0 Å². The van der Waals surface area contributed by atoms with E-state index in [1.54, 1.807) is 0 Å². The number of H-pyrrole nitrogens is 1. The van der Waals surface area contributed by atoms with Crippen molar-refractivity contribution in [1.82, 2.24) is 0 Å². The van der Waals surface area contributed by atoms with E-state index < -0.39 is 0 Å². The lowest BCUT2D eigenvalue weighted by Gasteiger charge is -2.12. The van der Waals surface area contributed by atoms with E-state index in [1.165, 1.54) is 10.9 Å². The Hall–Kier alpha value is -2.06. The molecule has 0 spiro atoms. The molecule has 0 saturated heterocycles. The zero-order valence-corrected chi connectivity index (χ0v) is 13.2. The third-order valence-electron chi connectivity index (χ3n) is 3.69. The molecular formula is C18H18ClN2+. The maximum absolute atomic E-state index is 6.21. The van der Waals surface area contributed by atoms with Crippen molar-refractivity contribution in [3.05, 3.63) is 64.3 Å². The number of benzene rings is 2. The van der Waals surface area contributed by atoms with E-state index in [2.05, 4.69) is 54.5 Å². The predicted octanol–water partition coefficient (Wildman–Crippen LogP) is 4.98. The normalized spacial score (nSPS) is 10.9. The number of aryl methyl sites for hydroxylation is 2. The molecule has 0 aliphatic rings. The van der Waals surface area contributed by atoms with Gasteiger partial charge in [0.25, 0.3) is 0 Å². The van der Waals surface area contributed by atoms with Crippen LogP contribution >= 0.6 is 11.6 Å². The van der Waals surface area contributed by atoms with E-state index in [9.17, 15) is 0 Å². The van der Waals surface area contributed by atoms with Crippen LogP contribution in [-0.4, -0.2) is 0 Å². The summed E-state index contributed by atoms with van der Waals surface area (Å²) in [6.45, 7) is 6.20. The van der Waals surface area contributed by atoms with Crippen LogP contribution in [0.2, 0.25) is 5.02 Å². The number of hydrogen-bond donors (Lipinski definition) is 1. The Balaban J connectivity index is 2.15. The van der Waals surface area contributed by atoms with Gasteiger partial charge in [0, 0.05) is 29.8 Å². The maximum atomic E-state index is 6.21. The van der Waals surface area contributed by atoms with Gasteiger partial charge in [-0.25, -0.2) is 4.98 Å². The van der Waals surface area contributed by atoms with Crippen molar-refractivity contribution < 1.29 is 4.98 Å². The minimum absolute atomic E-state index is 0.778. The molecule has 0 saturated carbocycles. The highest BCUT2D eigenvalue weighted by atomic mass is 35.5. The van der Waals surface area contributed by atoms with Gasteiger partial charge in [-0.2, -0.15) is 0 Å². The Kier molecular flexibility index (Phi) is 3.56. The maximum Gasteiger partial charge on any atom is 0.213 e. The van der Waals surface area contributed by atoms with E-state index in [1.807, 2.05) is 19.1 Å². The van der Waals surface area contributed by atoms with Crippen LogP contribution in [0.5, 0.6) is 0 Å². The molecule has 0 aliphatic heterocycles. The second-order valence-electron chi connectivity index (χ2n) is 5.45. The molecule has 0 atom stereocenters. The predicted molar refractivity (Wildman–Crippen MR) is 89.4 cm³/mol. The number of aromatic nitrogens is 1. The van der Waals surface area contributed by atoms with Gasteiger partial charge in [-0.05, 0) is 43.2 Å². The second-order valence-corrected chi connectivity index (χ2v) is 5.86. The average Bonchev–Trinajstić information content (AvgIpc) is 2.44. The highest BCUT2D eigenvalue weighted by Crippen LogP contribution is 2.29. The summed E-state index contributed by atoms with van der Waals surface area (Å²) < 4.78 is 0. The molecule has 21 heavy (non-hydrogen) atoms. The fourth-order valence-electron chi connectivity index (χ4n) is 2.52. The Labute approximate surface area is 129 Å².